The van der Waals surface area contributed by atoms with Gasteiger partial charge >= 0.3 is 0 Å². The molecule has 0 bridgehead atoms. The monoisotopic (exact) mass is 225 g/mol. The lowest BCUT2D eigenvalue weighted by Crippen LogP contribution is -2.45. The molecule has 0 amide bonds. The third-order valence-electron chi connectivity index (χ3n) is 4.46. The molecule has 2 heteroatoms. The highest BCUT2D eigenvalue weighted by Gasteiger charge is 2.34. The molecule has 1 aliphatic carbocycles. The molecule has 0 radical (unpaired) electrons. The van der Waals surface area contributed by atoms with E-state index in [-0.39, 0.29) is 5.54 Å². The van der Waals surface area contributed by atoms with Crippen LogP contribution in [-0.2, 0) is 4.74 Å². The topological polar surface area (TPSA) is 35.2 Å². The van der Waals surface area contributed by atoms with E-state index < -0.39 is 0 Å². The van der Waals surface area contributed by atoms with Gasteiger partial charge in [-0.1, -0.05) is 19.8 Å². The smallest absolute Gasteiger partial charge is 0.0593 e. The summed E-state index contributed by atoms with van der Waals surface area (Å²) in [6.07, 6.45) is 11.9. The van der Waals surface area contributed by atoms with Gasteiger partial charge in [-0.3, -0.25) is 0 Å². The Morgan fingerprint density at radius 1 is 1.25 bits per heavy atom. The van der Waals surface area contributed by atoms with Crippen LogP contribution in [0.4, 0.5) is 0 Å². The zero-order valence-corrected chi connectivity index (χ0v) is 10.7. The van der Waals surface area contributed by atoms with Gasteiger partial charge in [-0.2, -0.15) is 0 Å². The molecular formula is C14H27NO. The molecule has 0 aromatic rings. The van der Waals surface area contributed by atoms with Crippen LogP contribution in [0.1, 0.15) is 64.7 Å². The van der Waals surface area contributed by atoms with Crippen LogP contribution in [0.3, 0.4) is 0 Å². The van der Waals surface area contributed by atoms with Gasteiger partial charge < -0.3 is 10.5 Å². The second-order valence-corrected chi connectivity index (χ2v) is 5.93. The Hall–Kier alpha value is -0.0800. The van der Waals surface area contributed by atoms with Crippen LogP contribution >= 0.6 is 0 Å². The molecule has 1 unspecified atom stereocenters. The first kappa shape index (κ1) is 12.4. The Morgan fingerprint density at radius 2 is 2.00 bits per heavy atom. The van der Waals surface area contributed by atoms with Crippen molar-refractivity contribution in [1.82, 2.24) is 0 Å². The molecule has 2 aliphatic rings. The SMILES string of the molecule is CCCC1CCC(N)(CC2CCCO2)CC1. The van der Waals surface area contributed by atoms with Crippen LogP contribution in [0.15, 0.2) is 0 Å². The lowest BCUT2D eigenvalue weighted by molar-refractivity contribution is 0.0687. The Bertz CT molecular complexity index is 203. The van der Waals surface area contributed by atoms with E-state index in [0.717, 1.165) is 18.9 Å². The van der Waals surface area contributed by atoms with Crippen LogP contribution in [0.5, 0.6) is 0 Å². The molecule has 1 heterocycles. The van der Waals surface area contributed by atoms with E-state index in [1.807, 2.05) is 0 Å². The van der Waals surface area contributed by atoms with Crippen molar-refractivity contribution in [3.05, 3.63) is 0 Å². The second-order valence-electron chi connectivity index (χ2n) is 5.93. The summed E-state index contributed by atoms with van der Waals surface area (Å²) >= 11 is 0. The van der Waals surface area contributed by atoms with Crippen molar-refractivity contribution in [3.8, 4) is 0 Å². The fraction of sp³-hybridized carbons (Fsp3) is 1.00. The van der Waals surface area contributed by atoms with Gasteiger partial charge in [0.2, 0.25) is 0 Å². The van der Waals surface area contributed by atoms with Crippen molar-refractivity contribution in [1.29, 1.82) is 0 Å². The van der Waals surface area contributed by atoms with E-state index in [1.54, 1.807) is 0 Å². The van der Waals surface area contributed by atoms with Crippen LogP contribution in [0, 0.1) is 5.92 Å². The zero-order chi connectivity index (χ0) is 11.4. The minimum atomic E-state index is 0.0965. The molecule has 2 N–H and O–H groups in total. The first-order valence-corrected chi connectivity index (χ1v) is 7.12. The fourth-order valence-corrected chi connectivity index (χ4v) is 3.41. The van der Waals surface area contributed by atoms with E-state index in [0.29, 0.717) is 6.10 Å². The van der Waals surface area contributed by atoms with E-state index in [9.17, 15) is 0 Å². The van der Waals surface area contributed by atoms with Crippen LogP contribution < -0.4 is 5.73 Å². The Kier molecular flexibility index (Phi) is 4.26. The average molecular weight is 225 g/mol. The number of hydrogen-bond acceptors (Lipinski definition) is 2. The van der Waals surface area contributed by atoms with Gasteiger partial charge in [0.15, 0.2) is 0 Å². The van der Waals surface area contributed by atoms with Crippen LogP contribution in [0.2, 0.25) is 0 Å². The molecule has 1 atom stereocenters. The molecule has 94 valence electrons. The van der Waals surface area contributed by atoms with Crippen molar-refractivity contribution < 1.29 is 4.74 Å². The molecule has 0 spiro atoms. The van der Waals surface area contributed by atoms with Gasteiger partial charge in [-0.15, -0.1) is 0 Å². The molecular weight excluding hydrogens is 198 g/mol. The molecule has 0 aromatic heterocycles. The van der Waals surface area contributed by atoms with Crippen molar-refractivity contribution in [2.75, 3.05) is 6.61 Å². The van der Waals surface area contributed by atoms with Crippen LogP contribution in [0.25, 0.3) is 0 Å². The first-order valence-electron chi connectivity index (χ1n) is 7.12. The Balaban J connectivity index is 1.76. The summed E-state index contributed by atoms with van der Waals surface area (Å²) in [5, 5.41) is 0. The quantitative estimate of drug-likeness (QED) is 0.797. The molecule has 1 saturated carbocycles. The summed E-state index contributed by atoms with van der Waals surface area (Å²) in [5.41, 5.74) is 6.61. The van der Waals surface area contributed by atoms with Crippen molar-refractivity contribution in [2.24, 2.45) is 11.7 Å². The third-order valence-corrected chi connectivity index (χ3v) is 4.46. The maximum absolute atomic E-state index is 6.52. The summed E-state index contributed by atoms with van der Waals surface area (Å²) in [7, 11) is 0. The predicted octanol–water partition coefficient (Wildman–Crippen LogP) is 3.24. The van der Waals surface area contributed by atoms with Crippen molar-refractivity contribution in [2.45, 2.75) is 76.4 Å². The maximum Gasteiger partial charge on any atom is 0.0593 e. The minimum absolute atomic E-state index is 0.0965. The summed E-state index contributed by atoms with van der Waals surface area (Å²) in [4.78, 5) is 0. The van der Waals surface area contributed by atoms with Crippen molar-refractivity contribution in [3.63, 3.8) is 0 Å². The minimum Gasteiger partial charge on any atom is -0.378 e. The molecule has 0 aromatic carbocycles. The molecule has 2 rings (SSSR count). The Labute approximate surface area is 99.9 Å². The molecule has 2 nitrogen and oxygen atoms in total. The lowest BCUT2D eigenvalue weighted by Gasteiger charge is -2.38. The average Bonchev–Trinajstić information content (AvgIpc) is 2.74. The number of nitrogens with two attached hydrogens (primary N) is 1. The largest absolute Gasteiger partial charge is 0.378 e. The summed E-state index contributed by atoms with van der Waals surface area (Å²) in [6, 6.07) is 0. The van der Waals surface area contributed by atoms with Gasteiger partial charge in [0.05, 0.1) is 6.10 Å². The van der Waals surface area contributed by atoms with Gasteiger partial charge in [-0.25, -0.2) is 0 Å². The first-order chi connectivity index (χ1) is 7.72. The standard InChI is InChI=1S/C14H27NO/c1-2-4-12-6-8-14(15,9-7-12)11-13-5-3-10-16-13/h12-13H,2-11,15H2,1H3. The van der Waals surface area contributed by atoms with Crippen molar-refractivity contribution >= 4 is 0 Å². The molecule has 1 saturated heterocycles. The number of ether oxygens (including phenoxy) is 1. The molecule has 16 heavy (non-hydrogen) atoms. The van der Waals surface area contributed by atoms with Gasteiger partial charge in [0.1, 0.15) is 0 Å². The highest BCUT2D eigenvalue weighted by atomic mass is 16.5. The highest BCUT2D eigenvalue weighted by molar-refractivity contribution is 4.92. The zero-order valence-electron chi connectivity index (χ0n) is 10.7. The number of rotatable bonds is 4. The Morgan fingerprint density at radius 3 is 2.56 bits per heavy atom. The second kappa shape index (κ2) is 5.50. The third kappa shape index (κ3) is 3.21. The summed E-state index contributed by atoms with van der Waals surface area (Å²) in [5.74, 6) is 0.950. The van der Waals surface area contributed by atoms with Gasteiger partial charge in [0.25, 0.3) is 0 Å². The normalized spacial score (nSPS) is 40.1. The van der Waals surface area contributed by atoms with E-state index in [1.165, 1.54) is 51.4 Å². The van der Waals surface area contributed by atoms with E-state index in [4.69, 9.17) is 10.5 Å². The summed E-state index contributed by atoms with van der Waals surface area (Å²) < 4.78 is 5.72. The highest BCUT2D eigenvalue weighted by Crippen LogP contribution is 2.37. The van der Waals surface area contributed by atoms with E-state index in [2.05, 4.69) is 6.92 Å². The number of hydrogen-bond donors (Lipinski definition) is 1. The molecule has 2 fully saturated rings. The van der Waals surface area contributed by atoms with Gasteiger partial charge in [-0.05, 0) is 50.9 Å². The fourth-order valence-electron chi connectivity index (χ4n) is 3.41. The lowest BCUT2D eigenvalue weighted by atomic mass is 9.73. The predicted molar refractivity (Wildman–Crippen MR) is 67.4 cm³/mol. The van der Waals surface area contributed by atoms with Crippen LogP contribution in [-0.4, -0.2) is 18.2 Å². The maximum atomic E-state index is 6.52. The van der Waals surface area contributed by atoms with E-state index >= 15 is 0 Å². The van der Waals surface area contributed by atoms with Gasteiger partial charge in [0, 0.05) is 12.1 Å². The molecule has 1 aliphatic heterocycles. The summed E-state index contributed by atoms with van der Waals surface area (Å²) in [6.45, 7) is 3.25.